The molecule has 2 N–H and O–H groups in total. The Morgan fingerprint density at radius 1 is 0.462 bits per heavy atom. The normalized spacial score (nSPS) is 14.6. The van der Waals surface area contributed by atoms with Crippen LogP contribution >= 0.6 is 7.82 Å². The van der Waals surface area contributed by atoms with Gasteiger partial charge in [0.05, 0.1) is 33.8 Å². The summed E-state index contributed by atoms with van der Waals surface area (Å²) in [4.78, 5) is 37.7. The van der Waals surface area contributed by atoms with Crippen molar-refractivity contribution in [1.29, 1.82) is 0 Å². The largest absolute Gasteiger partial charge is 0.472 e. The van der Waals surface area contributed by atoms with Gasteiger partial charge in [-0.25, -0.2) is 4.57 Å². The zero-order chi connectivity index (χ0) is 57.2. The summed E-state index contributed by atoms with van der Waals surface area (Å²) >= 11 is 0. The molecule has 0 bridgehead atoms. The Kier molecular flexibility index (Phi) is 53.6. The second-order valence-corrected chi connectivity index (χ2v) is 22.9. The molecule has 0 radical (unpaired) electrons. The number of allylic oxidation sites excluding steroid dienone is 21. The molecule has 0 aromatic carbocycles. The van der Waals surface area contributed by atoms with E-state index in [9.17, 15) is 19.0 Å². The Labute approximate surface area is 479 Å². The van der Waals surface area contributed by atoms with Crippen LogP contribution in [0.5, 0.6) is 0 Å². The van der Waals surface area contributed by atoms with Gasteiger partial charge in [-0.2, -0.15) is 0 Å². The fourth-order valence-electron chi connectivity index (χ4n) is 8.04. The number of hydrogen-bond acceptors (Lipinski definition) is 6. The van der Waals surface area contributed by atoms with Gasteiger partial charge in [0.2, 0.25) is 5.91 Å². The summed E-state index contributed by atoms with van der Waals surface area (Å²) in [6.45, 7) is 6.79. The Hall–Kier alpha value is -3.85. The number of esters is 1. The predicted molar refractivity (Wildman–Crippen MR) is 336 cm³/mol. The summed E-state index contributed by atoms with van der Waals surface area (Å²) in [6.07, 6.45) is 80.2. The standard InChI is InChI=1S/C68H115N2O7P/c1-7-10-13-16-19-22-25-28-30-32-34-35-37-38-40-42-45-48-51-54-57-60-67(71)69-65(64-76-78(73,74)75-63-62-70(4,5)6)66(59-56-53-50-47-44-27-24-21-18-15-12-9-3)77-68(72)61-58-55-52-49-46-43-41-39-36-33-31-29-26-23-20-17-14-11-8-2/h10,13,19-20,22-23,28-31,34-36,38-40,43,45-46,48,56,59,65-66H,7-9,11-12,14-18,21,24-27,32-33,37,41-42,44,47,49-55,57-58,60-64H2,1-6H3,(H-,69,71,73,74)/p+1/b13-10-,22-19-,23-20-,30-28-,31-29-,35-34-,39-36-,40-38-,46-43-,48-45-,59-56+. The molecule has 0 aromatic rings. The summed E-state index contributed by atoms with van der Waals surface area (Å²) in [6, 6.07) is -0.895. The highest BCUT2D eigenvalue weighted by atomic mass is 31.2. The number of likely N-dealkylation sites (N-methyl/N-ethyl adjacent to an activating group) is 1. The van der Waals surface area contributed by atoms with Gasteiger partial charge in [-0.15, -0.1) is 0 Å². The van der Waals surface area contributed by atoms with E-state index in [0.717, 1.165) is 109 Å². The van der Waals surface area contributed by atoms with Crippen molar-refractivity contribution < 1.29 is 37.3 Å². The zero-order valence-electron chi connectivity index (χ0n) is 50.6. The first-order chi connectivity index (χ1) is 37.9. The van der Waals surface area contributed by atoms with E-state index in [1.165, 1.54) is 77.0 Å². The minimum atomic E-state index is -4.48. The van der Waals surface area contributed by atoms with E-state index in [1.54, 1.807) is 0 Å². The first-order valence-electron chi connectivity index (χ1n) is 31.0. The molecule has 0 saturated carbocycles. The molecule has 3 atom stereocenters. The third-order valence-corrected chi connectivity index (χ3v) is 13.8. The summed E-state index contributed by atoms with van der Waals surface area (Å²) in [5.74, 6) is -0.602. The second-order valence-electron chi connectivity index (χ2n) is 21.5. The maximum absolute atomic E-state index is 13.5. The molecule has 0 aliphatic heterocycles. The third kappa shape index (κ3) is 56.9. The lowest BCUT2D eigenvalue weighted by atomic mass is 10.1. The highest BCUT2D eigenvalue weighted by Crippen LogP contribution is 2.43. The van der Waals surface area contributed by atoms with Gasteiger partial charge < -0.3 is 19.4 Å². The molecular weight excluding hydrogens is 988 g/mol. The number of nitrogens with zero attached hydrogens (tertiary/aromatic N) is 1. The van der Waals surface area contributed by atoms with Gasteiger partial charge in [-0.05, 0) is 128 Å². The van der Waals surface area contributed by atoms with Crippen molar-refractivity contribution in [3.05, 3.63) is 134 Å². The van der Waals surface area contributed by atoms with Crippen molar-refractivity contribution in [2.45, 2.75) is 245 Å². The molecule has 0 rings (SSSR count). The molecule has 0 spiro atoms. The molecular formula is C68H116N2O7P+. The predicted octanol–water partition coefficient (Wildman–Crippen LogP) is 19.3. The summed E-state index contributed by atoms with van der Waals surface area (Å²) < 4.78 is 30.6. The van der Waals surface area contributed by atoms with Crippen LogP contribution in [-0.4, -0.2) is 74.3 Å². The number of amides is 1. The molecule has 0 aromatic heterocycles. The highest BCUT2D eigenvalue weighted by Gasteiger charge is 2.30. The number of unbranched alkanes of at least 4 members (excludes halogenated alkanes) is 18. The van der Waals surface area contributed by atoms with E-state index in [-0.39, 0.29) is 37.9 Å². The van der Waals surface area contributed by atoms with Gasteiger partial charge in [0, 0.05) is 12.8 Å². The molecule has 78 heavy (non-hydrogen) atoms. The number of nitrogens with one attached hydrogen (secondary N) is 1. The van der Waals surface area contributed by atoms with Crippen LogP contribution in [0.25, 0.3) is 0 Å². The van der Waals surface area contributed by atoms with Crippen LogP contribution < -0.4 is 5.32 Å². The highest BCUT2D eigenvalue weighted by molar-refractivity contribution is 7.47. The number of phosphoric acid groups is 1. The number of ether oxygens (including phenoxy) is 1. The van der Waals surface area contributed by atoms with Crippen LogP contribution in [0.1, 0.15) is 233 Å². The average molecular weight is 1100 g/mol. The molecule has 444 valence electrons. The number of rotatable bonds is 54. The quantitative estimate of drug-likeness (QED) is 0.0205. The number of carbonyl (C=O) groups is 2. The van der Waals surface area contributed by atoms with Crippen LogP contribution in [0.2, 0.25) is 0 Å². The SMILES string of the molecule is CC/C=C\C/C=C\C/C=C\C/C=C\C/C=C\C/C=C\CCCCC(=O)NC(COP(=O)(O)OCC[N+](C)(C)C)C(/C=C/CCCCCCCCCCCC)OC(=O)CCCCC/C=C\C/C=C\C/C=C\C/C=C\CCCCC. The lowest BCUT2D eigenvalue weighted by Crippen LogP contribution is -2.47. The van der Waals surface area contributed by atoms with Crippen molar-refractivity contribution in [2.24, 2.45) is 0 Å². The number of carbonyl (C=O) groups excluding carboxylic acids is 2. The van der Waals surface area contributed by atoms with Crippen LogP contribution in [0, 0.1) is 0 Å². The van der Waals surface area contributed by atoms with E-state index in [4.69, 9.17) is 13.8 Å². The van der Waals surface area contributed by atoms with E-state index >= 15 is 0 Å². The van der Waals surface area contributed by atoms with E-state index in [2.05, 4.69) is 148 Å². The first kappa shape index (κ1) is 74.2. The fraction of sp³-hybridized carbons (Fsp3) is 0.647. The maximum Gasteiger partial charge on any atom is 0.472 e. The van der Waals surface area contributed by atoms with Crippen molar-refractivity contribution in [2.75, 3.05) is 40.9 Å². The van der Waals surface area contributed by atoms with Gasteiger partial charge >= 0.3 is 13.8 Å². The first-order valence-corrected chi connectivity index (χ1v) is 32.5. The molecule has 0 aliphatic carbocycles. The van der Waals surface area contributed by atoms with Gasteiger partial charge in [0.1, 0.15) is 19.3 Å². The molecule has 0 saturated heterocycles. The van der Waals surface area contributed by atoms with Crippen molar-refractivity contribution in [1.82, 2.24) is 5.32 Å². The van der Waals surface area contributed by atoms with Crippen molar-refractivity contribution >= 4 is 19.7 Å². The molecule has 0 fully saturated rings. The summed E-state index contributed by atoms with van der Waals surface area (Å²) in [7, 11) is 1.43. The van der Waals surface area contributed by atoms with Crippen molar-refractivity contribution in [3.63, 3.8) is 0 Å². The topological polar surface area (TPSA) is 111 Å². The smallest absolute Gasteiger partial charge is 0.456 e. The minimum Gasteiger partial charge on any atom is -0.456 e. The van der Waals surface area contributed by atoms with E-state index in [0.29, 0.717) is 23.9 Å². The number of hydrogen-bond donors (Lipinski definition) is 2. The Balaban J connectivity index is 5.42. The maximum atomic E-state index is 13.5. The molecule has 3 unspecified atom stereocenters. The van der Waals surface area contributed by atoms with Crippen molar-refractivity contribution in [3.8, 4) is 0 Å². The van der Waals surface area contributed by atoms with Crippen LogP contribution in [0.3, 0.4) is 0 Å². The number of quaternary nitrogens is 1. The van der Waals surface area contributed by atoms with E-state index < -0.39 is 20.0 Å². The van der Waals surface area contributed by atoms with Crippen LogP contribution in [0.15, 0.2) is 134 Å². The van der Waals surface area contributed by atoms with Gasteiger partial charge in [0.25, 0.3) is 0 Å². The summed E-state index contributed by atoms with van der Waals surface area (Å²) in [5.41, 5.74) is 0. The van der Waals surface area contributed by atoms with Crippen LogP contribution in [0.4, 0.5) is 0 Å². The molecule has 0 aliphatic rings. The number of phosphoric ester groups is 1. The third-order valence-electron chi connectivity index (χ3n) is 12.8. The van der Waals surface area contributed by atoms with Gasteiger partial charge in [-0.3, -0.25) is 18.6 Å². The molecule has 1 amide bonds. The lowest BCUT2D eigenvalue weighted by Gasteiger charge is -2.27. The van der Waals surface area contributed by atoms with Gasteiger partial charge in [0.15, 0.2) is 0 Å². The second kappa shape index (κ2) is 56.4. The van der Waals surface area contributed by atoms with Gasteiger partial charge in [-0.1, -0.05) is 225 Å². The monoisotopic (exact) mass is 1100 g/mol. The molecule has 9 nitrogen and oxygen atoms in total. The molecule has 0 heterocycles. The summed E-state index contributed by atoms with van der Waals surface area (Å²) in [5, 5.41) is 3.02. The zero-order valence-corrected chi connectivity index (χ0v) is 51.5. The Morgan fingerprint density at radius 2 is 0.821 bits per heavy atom. The Morgan fingerprint density at radius 3 is 1.27 bits per heavy atom. The van der Waals surface area contributed by atoms with Crippen LogP contribution in [-0.2, 0) is 27.9 Å². The van der Waals surface area contributed by atoms with E-state index in [1.807, 2.05) is 33.3 Å². The molecule has 10 heteroatoms. The lowest BCUT2D eigenvalue weighted by molar-refractivity contribution is -0.870. The fourth-order valence-corrected chi connectivity index (χ4v) is 8.78. The minimum absolute atomic E-state index is 0.0185. The Bertz CT molecular complexity index is 1800. The average Bonchev–Trinajstić information content (AvgIpc) is 3.40.